The quantitative estimate of drug-likeness (QED) is 0.756. The van der Waals surface area contributed by atoms with Gasteiger partial charge in [-0.05, 0) is 30.9 Å². The summed E-state index contributed by atoms with van der Waals surface area (Å²) >= 11 is 0. The molecule has 2 heterocycles. The standard InChI is InChI=1S/C15H20N4O3/c1-16-13(20)14(21)18-9-11-4-7-19(8-5-11)15(22)12-3-2-6-17-10-12/h2-3,6,10-11H,4-5,7-9H2,1H3,(H,16,20)(H,18,21). The van der Waals surface area contributed by atoms with Crippen LogP contribution in [0, 0.1) is 5.92 Å². The SMILES string of the molecule is CNC(=O)C(=O)NCC1CCN(C(=O)c2cccnc2)CC1. The number of rotatable bonds is 3. The Balaban J connectivity index is 1.77. The smallest absolute Gasteiger partial charge is 0.309 e. The van der Waals surface area contributed by atoms with Gasteiger partial charge >= 0.3 is 11.8 Å². The highest BCUT2D eigenvalue weighted by atomic mass is 16.2. The number of hydrogen-bond acceptors (Lipinski definition) is 4. The Morgan fingerprint density at radius 1 is 1.27 bits per heavy atom. The molecule has 0 unspecified atom stereocenters. The zero-order valence-electron chi connectivity index (χ0n) is 12.5. The first-order chi connectivity index (χ1) is 10.6. The molecule has 1 aromatic rings. The molecular formula is C15H20N4O3. The molecule has 0 aromatic carbocycles. The van der Waals surface area contributed by atoms with Gasteiger partial charge in [0.2, 0.25) is 0 Å². The molecule has 7 heteroatoms. The van der Waals surface area contributed by atoms with Crippen molar-refractivity contribution in [2.45, 2.75) is 12.8 Å². The normalized spacial score (nSPS) is 15.2. The van der Waals surface area contributed by atoms with Gasteiger partial charge in [0.25, 0.3) is 5.91 Å². The Bertz CT molecular complexity index is 539. The van der Waals surface area contributed by atoms with E-state index in [1.165, 1.54) is 7.05 Å². The second-order valence-electron chi connectivity index (χ2n) is 5.27. The number of carbonyl (C=O) groups excluding carboxylic acids is 3. The molecule has 1 fully saturated rings. The zero-order valence-corrected chi connectivity index (χ0v) is 12.5. The van der Waals surface area contributed by atoms with Crippen LogP contribution in [0.25, 0.3) is 0 Å². The highest BCUT2D eigenvalue weighted by Crippen LogP contribution is 2.18. The van der Waals surface area contributed by atoms with E-state index in [0.717, 1.165) is 12.8 Å². The lowest BCUT2D eigenvalue weighted by molar-refractivity contribution is -0.139. The molecule has 0 atom stereocenters. The van der Waals surface area contributed by atoms with E-state index in [4.69, 9.17) is 0 Å². The van der Waals surface area contributed by atoms with E-state index in [-0.39, 0.29) is 11.8 Å². The van der Waals surface area contributed by atoms with Crippen molar-refractivity contribution in [2.75, 3.05) is 26.7 Å². The fourth-order valence-electron chi connectivity index (χ4n) is 2.44. The van der Waals surface area contributed by atoms with Crippen LogP contribution in [0.1, 0.15) is 23.2 Å². The van der Waals surface area contributed by atoms with Crippen LogP contribution in [0.4, 0.5) is 0 Å². The maximum Gasteiger partial charge on any atom is 0.309 e. The van der Waals surface area contributed by atoms with Crippen LogP contribution in [0.15, 0.2) is 24.5 Å². The first-order valence-corrected chi connectivity index (χ1v) is 7.31. The summed E-state index contributed by atoms with van der Waals surface area (Å²) in [5.74, 6) is -0.979. The minimum Gasteiger partial charge on any atom is -0.351 e. The Hall–Kier alpha value is -2.44. The summed E-state index contributed by atoms with van der Waals surface area (Å²) in [5.41, 5.74) is 0.592. The van der Waals surface area contributed by atoms with Crippen LogP contribution in [0.3, 0.4) is 0 Å². The lowest BCUT2D eigenvalue weighted by Crippen LogP contribution is -2.44. The van der Waals surface area contributed by atoms with E-state index < -0.39 is 11.8 Å². The van der Waals surface area contributed by atoms with E-state index in [1.807, 2.05) is 0 Å². The third-order valence-corrected chi connectivity index (χ3v) is 3.79. The molecule has 0 saturated carbocycles. The number of carbonyl (C=O) groups is 3. The number of piperidine rings is 1. The van der Waals surface area contributed by atoms with Gasteiger partial charge in [-0.3, -0.25) is 19.4 Å². The van der Waals surface area contributed by atoms with Crippen LogP contribution in [-0.2, 0) is 9.59 Å². The molecule has 0 bridgehead atoms. The Morgan fingerprint density at radius 2 is 2.00 bits per heavy atom. The van der Waals surface area contributed by atoms with Crippen molar-refractivity contribution in [3.8, 4) is 0 Å². The van der Waals surface area contributed by atoms with E-state index in [2.05, 4.69) is 15.6 Å². The van der Waals surface area contributed by atoms with Crippen molar-refractivity contribution in [1.29, 1.82) is 0 Å². The van der Waals surface area contributed by atoms with Gasteiger partial charge in [-0.2, -0.15) is 0 Å². The van der Waals surface area contributed by atoms with E-state index >= 15 is 0 Å². The fraction of sp³-hybridized carbons (Fsp3) is 0.467. The summed E-state index contributed by atoms with van der Waals surface area (Å²) in [5, 5.41) is 4.90. The van der Waals surface area contributed by atoms with Crippen LogP contribution in [-0.4, -0.2) is 54.3 Å². The number of nitrogens with one attached hydrogen (secondary N) is 2. The zero-order chi connectivity index (χ0) is 15.9. The molecule has 2 rings (SSSR count). The van der Waals surface area contributed by atoms with E-state index in [9.17, 15) is 14.4 Å². The molecule has 0 radical (unpaired) electrons. The van der Waals surface area contributed by atoms with Crippen molar-refractivity contribution in [3.63, 3.8) is 0 Å². The van der Waals surface area contributed by atoms with Gasteiger partial charge in [-0.25, -0.2) is 0 Å². The van der Waals surface area contributed by atoms with Crippen LogP contribution < -0.4 is 10.6 Å². The first-order valence-electron chi connectivity index (χ1n) is 7.31. The second kappa shape index (κ2) is 7.53. The first kappa shape index (κ1) is 15.9. The highest BCUT2D eigenvalue weighted by molar-refractivity contribution is 6.34. The van der Waals surface area contributed by atoms with Gasteiger partial charge in [0, 0.05) is 39.1 Å². The minimum atomic E-state index is -0.635. The minimum absolute atomic E-state index is 0.0130. The molecule has 22 heavy (non-hydrogen) atoms. The van der Waals surface area contributed by atoms with Gasteiger partial charge < -0.3 is 15.5 Å². The van der Waals surface area contributed by atoms with Crippen molar-refractivity contribution in [1.82, 2.24) is 20.5 Å². The van der Waals surface area contributed by atoms with Crippen LogP contribution in [0.2, 0.25) is 0 Å². The second-order valence-corrected chi connectivity index (χ2v) is 5.27. The third kappa shape index (κ3) is 4.03. The Labute approximate surface area is 129 Å². The maximum atomic E-state index is 12.3. The van der Waals surface area contributed by atoms with Gasteiger partial charge in [0.05, 0.1) is 5.56 Å². The molecule has 3 amide bonds. The van der Waals surface area contributed by atoms with Crippen LogP contribution >= 0.6 is 0 Å². The predicted molar refractivity (Wildman–Crippen MR) is 79.9 cm³/mol. The third-order valence-electron chi connectivity index (χ3n) is 3.79. The monoisotopic (exact) mass is 304 g/mol. The number of likely N-dealkylation sites (N-methyl/N-ethyl adjacent to an activating group) is 1. The lowest BCUT2D eigenvalue weighted by atomic mass is 9.96. The van der Waals surface area contributed by atoms with E-state index in [1.54, 1.807) is 29.4 Å². The lowest BCUT2D eigenvalue weighted by Gasteiger charge is -2.32. The number of nitrogens with zero attached hydrogens (tertiary/aromatic N) is 2. The van der Waals surface area contributed by atoms with Crippen molar-refractivity contribution in [3.05, 3.63) is 30.1 Å². The molecule has 1 aromatic heterocycles. The summed E-state index contributed by atoms with van der Waals surface area (Å²) in [6.45, 7) is 1.75. The predicted octanol–water partition coefficient (Wildman–Crippen LogP) is -0.204. The summed E-state index contributed by atoms with van der Waals surface area (Å²) in [4.78, 5) is 40.5. The largest absolute Gasteiger partial charge is 0.351 e. The number of aromatic nitrogens is 1. The topological polar surface area (TPSA) is 91.4 Å². The molecule has 2 N–H and O–H groups in total. The molecule has 1 saturated heterocycles. The van der Waals surface area contributed by atoms with Gasteiger partial charge in [0.1, 0.15) is 0 Å². The number of amides is 3. The summed E-state index contributed by atoms with van der Waals surface area (Å²) in [7, 11) is 1.42. The molecule has 1 aliphatic rings. The number of hydrogen-bond donors (Lipinski definition) is 2. The average molecular weight is 304 g/mol. The van der Waals surface area contributed by atoms with Crippen molar-refractivity contribution >= 4 is 17.7 Å². The van der Waals surface area contributed by atoms with Crippen molar-refractivity contribution in [2.24, 2.45) is 5.92 Å². The van der Waals surface area contributed by atoms with Crippen molar-refractivity contribution < 1.29 is 14.4 Å². The summed E-state index contributed by atoms with van der Waals surface area (Å²) < 4.78 is 0. The number of pyridine rings is 1. The molecule has 0 spiro atoms. The Kier molecular flexibility index (Phi) is 5.46. The summed E-state index contributed by atoms with van der Waals surface area (Å²) in [6.07, 6.45) is 4.82. The highest BCUT2D eigenvalue weighted by Gasteiger charge is 2.24. The molecule has 0 aliphatic carbocycles. The van der Waals surface area contributed by atoms with Crippen LogP contribution in [0.5, 0.6) is 0 Å². The molecule has 118 valence electrons. The Morgan fingerprint density at radius 3 is 2.59 bits per heavy atom. The van der Waals surface area contributed by atoms with E-state index in [0.29, 0.717) is 25.2 Å². The van der Waals surface area contributed by atoms with Gasteiger partial charge in [0.15, 0.2) is 0 Å². The maximum absolute atomic E-state index is 12.3. The fourth-order valence-corrected chi connectivity index (χ4v) is 2.44. The van der Waals surface area contributed by atoms with Gasteiger partial charge in [-0.15, -0.1) is 0 Å². The number of likely N-dealkylation sites (tertiary alicyclic amines) is 1. The molecule has 7 nitrogen and oxygen atoms in total. The average Bonchev–Trinajstić information content (AvgIpc) is 2.59. The molecule has 1 aliphatic heterocycles. The van der Waals surface area contributed by atoms with Gasteiger partial charge in [-0.1, -0.05) is 0 Å². The summed E-state index contributed by atoms with van der Waals surface area (Å²) in [6, 6.07) is 3.50. The molecular weight excluding hydrogens is 284 g/mol.